The first kappa shape index (κ1) is 23.1. The molecule has 2 unspecified atom stereocenters. The summed E-state index contributed by atoms with van der Waals surface area (Å²) in [5, 5.41) is 8.78. The summed E-state index contributed by atoms with van der Waals surface area (Å²) < 4.78 is 5.52. The molecule has 6 N–H and O–H groups in total. The van der Waals surface area contributed by atoms with E-state index in [4.69, 9.17) is 20.4 Å². The van der Waals surface area contributed by atoms with Crippen LogP contribution in [0, 0.1) is 0 Å². The number of aromatic amines is 2. The van der Waals surface area contributed by atoms with Crippen molar-refractivity contribution in [1.29, 1.82) is 0 Å². The van der Waals surface area contributed by atoms with Crippen LogP contribution in [-0.4, -0.2) is 71.2 Å². The number of benzene rings is 1. The smallest absolute Gasteiger partial charge is 0.229 e. The number of nitrogens with two attached hydrogens (primary N) is 1. The lowest BCUT2D eigenvalue weighted by molar-refractivity contribution is 0.300. The van der Waals surface area contributed by atoms with Gasteiger partial charge in [-0.3, -0.25) is 0 Å². The average molecular weight is 473 g/mol. The molecule has 0 bridgehead atoms. The van der Waals surface area contributed by atoms with Gasteiger partial charge >= 0.3 is 0 Å². The third-order valence-electron chi connectivity index (χ3n) is 6.78. The van der Waals surface area contributed by atoms with Gasteiger partial charge in [0.05, 0.1) is 23.9 Å². The van der Waals surface area contributed by atoms with E-state index in [0.29, 0.717) is 5.95 Å². The van der Waals surface area contributed by atoms with Crippen LogP contribution in [0.1, 0.15) is 6.42 Å². The monoisotopic (exact) mass is 472 g/mol. The van der Waals surface area contributed by atoms with E-state index in [2.05, 4.69) is 51.7 Å². The van der Waals surface area contributed by atoms with Gasteiger partial charge in [0, 0.05) is 40.5 Å². The summed E-state index contributed by atoms with van der Waals surface area (Å²) in [4.78, 5) is 18.3. The molecule has 0 amide bonds. The van der Waals surface area contributed by atoms with E-state index >= 15 is 0 Å². The van der Waals surface area contributed by atoms with Crippen LogP contribution < -0.4 is 21.1 Å². The zero-order valence-corrected chi connectivity index (χ0v) is 20.5. The SMILES string of the molecule is CNC1(CCN(C)C)C=CC(Nc2nc(-c3c[nH]c4c(OC)cccc34)c3cc[nH]c3n2)=CC1N. The van der Waals surface area contributed by atoms with E-state index in [1.807, 2.05) is 49.8 Å². The topological polar surface area (TPSA) is 120 Å². The molecule has 0 fully saturated rings. The molecule has 1 aliphatic carbocycles. The van der Waals surface area contributed by atoms with Crippen molar-refractivity contribution in [3.05, 3.63) is 60.6 Å². The number of fused-ring (bicyclic) bond motifs is 2. The second-order valence-electron chi connectivity index (χ2n) is 9.17. The van der Waals surface area contributed by atoms with Gasteiger partial charge in [-0.05, 0) is 58.4 Å². The Labute approximate surface area is 204 Å². The quantitative estimate of drug-likeness (QED) is 0.267. The van der Waals surface area contributed by atoms with Gasteiger partial charge in [0.2, 0.25) is 5.95 Å². The van der Waals surface area contributed by atoms with E-state index in [-0.39, 0.29) is 11.6 Å². The summed E-state index contributed by atoms with van der Waals surface area (Å²) in [5.41, 5.74) is 10.7. The molecule has 0 aliphatic heterocycles. The van der Waals surface area contributed by atoms with Gasteiger partial charge in [-0.25, -0.2) is 4.98 Å². The van der Waals surface area contributed by atoms with Gasteiger partial charge in [-0.1, -0.05) is 18.2 Å². The summed E-state index contributed by atoms with van der Waals surface area (Å²) in [5.74, 6) is 1.29. The lowest BCUT2D eigenvalue weighted by atomic mass is 9.83. The molecule has 0 spiro atoms. The first-order valence-corrected chi connectivity index (χ1v) is 11.7. The van der Waals surface area contributed by atoms with Crippen LogP contribution in [0.25, 0.3) is 33.2 Å². The minimum absolute atomic E-state index is 0.199. The van der Waals surface area contributed by atoms with Crippen LogP contribution in [0.4, 0.5) is 5.95 Å². The van der Waals surface area contributed by atoms with Gasteiger partial charge in [-0.2, -0.15) is 4.98 Å². The first-order chi connectivity index (χ1) is 16.9. The third kappa shape index (κ3) is 4.18. The fourth-order valence-electron chi connectivity index (χ4n) is 4.69. The van der Waals surface area contributed by atoms with Crippen LogP contribution in [0.5, 0.6) is 5.75 Å². The Kier molecular flexibility index (Phi) is 6.06. The largest absolute Gasteiger partial charge is 0.495 e. The highest BCUT2D eigenvalue weighted by molar-refractivity contribution is 6.04. The van der Waals surface area contributed by atoms with E-state index in [1.165, 1.54) is 0 Å². The Morgan fingerprint density at radius 1 is 1.17 bits per heavy atom. The molecule has 0 radical (unpaired) electrons. The van der Waals surface area contributed by atoms with Gasteiger partial charge in [0.25, 0.3) is 0 Å². The van der Waals surface area contributed by atoms with Crippen molar-refractivity contribution in [2.24, 2.45) is 5.73 Å². The number of H-pyrrole nitrogens is 2. The molecule has 5 rings (SSSR count). The van der Waals surface area contributed by atoms with Gasteiger partial charge < -0.3 is 36.0 Å². The molecule has 0 saturated heterocycles. The average Bonchev–Trinajstić information content (AvgIpc) is 3.50. The summed E-state index contributed by atoms with van der Waals surface area (Å²) in [7, 11) is 7.77. The Hall–Kier alpha value is -3.66. The van der Waals surface area contributed by atoms with Gasteiger partial charge in [-0.15, -0.1) is 0 Å². The number of hydrogen-bond donors (Lipinski definition) is 5. The molecule has 9 heteroatoms. The molecule has 0 saturated carbocycles. The van der Waals surface area contributed by atoms with E-state index in [0.717, 1.165) is 57.6 Å². The van der Waals surface area contributed by atoms with Crippen LogP contribution in [0.3, 0.4) is 0 Å². The van der Waals surface area contributed by atoms with Crippen LogP contribution >= 0.6 is 0 Å². The number of nitrogens with zero attached hydrogens (tertiary/aromatic N) is 3. The summed E-state index contributed by atoms with van der Waals surface area (Å²) >= 11 is 0. The Balaban J connectivity index is 1.49. The van der Waals surface area contributed by atoms with E-state index in [1.54, 1.807) is 7.11 Å². The molecule has 3 heterocycles. The number of nitrogens with one attached hydrogen (secondary N) is 4. The van der Waals surface area contributed by atoms with E-state index in [9.17, 15) is 0 Å². The Morgan fingerprint density at radius 2 is 2.03 bits per heavy atom. The van der Waals surface area contributed by atoms with Crippen LogP contribution in [0.2, 0.25) is 0 Å². The molecule has 182 valence electrons. The molecule has 4 aromatic rings. The van der Waals surface area contributed by atoms with Crippen LogP contribution in [0.15, 0.2) is 60.6 Å². The number of methoxy groups -OCH3 is 1. The van der Waals surface area contributed by atoms with Crippen LogP contribution in [-0.2, 0) is 0 Å². The van der Waals surface area contributed by atoms with Crippen molar-refractivity contribution in [3.8, 4) is 17.0 Å². The standard InChI is InChI=1S/C26H32N8O/c1-28-26(11-13-34(2)3)10-8-16(14-21(26)27)31-25-32-22(18-9-12-29-24(18)33-25)19-15-30-23-17(19)6-5-7-20(23)35-4/h5-10,12,14-15,21,28,30H,11,13,27H2,1-4H3,(H2,29,31,32,33). The maximum absolute atomic E-state index is 6.61. The van der Waals surface area contributed by atoms with Crippen molar-refractivity contribution < 1.29 is 4.74 Å². The normalized spacial score (nSPS) is 20.1. The van der Waals surface area contributed by atoms with Gasteiger partial charge in [0.15, 0.2) is 0 Å². The summed E-state index contributed by atoms with van der Waals surface area (Å²) in [6.07, 6.45) is 11.0. The molecule has 3 aromatic heterocycles. The number of ether oxygens (including phenoxy) is 1. The lowest BCUT2D eigenvalue weighted by Crippen LogP contribution is -2.57. The second kappa shape index (κ2) is 9.18. The highest BCUT2D eigenvalue weighted by atomic mass is 16.5. The molecule has 9 nitrogen and oxygen atoms in total. The lowest BCUT2D eigenvalue weighted by Gasteiger charge is -2.38. The first-order valence-electron chi connectivity index (χ1n) is 11.7. The zero-order chi connectivity index (χ0) is 24.6. The van der Waals surface area contributed by atoms with Crippen molar-refractivity contribution in [3.63, 3.8) is 0 Å². The molecule has 35 heavy (non-hydrogen) atoms. The number of likely N-dealkylation sites (N-methyl/N-ethyl adjacent to an activating group) is 1. The summed E-state index contributed by atoms with van der Waals surface area (Å²) in [6, 6.07) is 7.78. The molecular weight excluding hydrogens is 440 g/mol. The maximum atomic E-state index is 6.61. The van der Waals surface area contributed by atoms with Crippen molar-refractivity contribution in [2.45, 2.75) is 18.0 Å². The highest BCUT2D eigenvalue weighted by Gasteiger charge is 2.33. The predicted octanol–water partition coefficient (Wildman–Crippen LogP) is 3.22. The fourth-order valence-corrected chi connectivity index (χ4v) is 4.69. The fraction of sp³-hybridized carbons (Fsp3) is 0.308. The van der Waals surface area contributed by atoms with Crippen molar-refractivity contribution in [1.82, 2.24) is 30.2 Å². The highest BCUT2D eigenvalue weighted by Crippen LogP contribution is 2.36. The molecule has 1 aliphatic rings. The molecule has 1 aromatic carbocycles. The maximum Gasteiger partial charge on any atom is 0.229 e. The third-order valence-corrected chi connectivity index (χ3v) is 6.78. The predicted molar refractivity (Wildman–Crippen MR) is 142 cm³/mol. The number of hydrogen-bond acceptors (Lipinski definition) is 7. The van der Waals surface area contributed by atoms with Crippen molar-refractivity contribution >= 4 is 27.9 Å². The van der Waals surface area contributed by atoms with Crippen molar-refractivity contribution in [2.75, 3.05) is 40.1 Å². The Morgan fingerprint density at radius 3 is 2.77 bits per heavy atom. The minimum atomic E-state index is -0.298. The Bertz CT molecular complexity index is 1420. The number of rotatable bonds is 8. The summed E-state index contributed by atoms with van der Waals surface area (Å²) in [6.45, 7) is 0.931. The number of aromatic nitrogens is 4. The number of allylic oxidation sites excluding steroid dienone is 1. The number of para-hydroxylation sites is 1. The molecular formula is C26H32N8O. The minimum Gasteiger partial charge on any atom is -0.495 e. The number of anilines is 1. The second-order valence-corrected chi connectivity index (χ2v) is 9.17. The van der Waals surface area contributed by atoms with Gasteiger partial charge in [0.1, 0.15) is 11.4 Å². The molecule has 2 atom stereocenters. The van der Waals surface area contributed by atoms with E-state index < -0.39 is 0 Å². The zero-order valence-electron chi connectivity index (χ0n) is 20.5.